The molecule has 0 aliphatic carbocycles. The first-order chi connectivity index (χ1) is 8.97. The summed E-state index contributed by atoms with van der Waals surface area (Å²) in [6, 6.07) is 10.0. The molecule has 2 N–H and O–H groups in total. The van der Waals surface area contributed by atoms with Gasteiger partial charge in [-0.1, -0.05) is 33.6 Å². The van der Waals surface area contributed by atoms with Gasteiger partial charge in [0.2, 0.25) is 0 Å². The van der Waals surface area contributed by atoms with Gasteiger partial charge in [0.1, 0.15) is 5.75 Å². The predicted octanol–water partition coefficient (Wildman–Crippen LogP) is 4.37. The Balaban J connectivity index is 2.25. The molecule has 0 bridgehead atoms. The zero-order valence-corrected chi connectivity index (χ0v) is 12.4. The van der Waals surface area contributed by atoms with Crippen LogP contribution < -0.4 is 5.32 Å². The van der Waals surface area contributed by atoms with Gasteiger partial charge < -0.3 is 10.4 Å². The zero-order valence-electron chi connectivity index (χ0n) is 10.1. The van der Waals surface area contributed by atoms with Crippen molar-refractivity contribution in [1.29, 1.82) is 0 Å². The van der Waals surface area contributed by atoms with Crippen molar-refractivity contribution in [2.24, 2.45) is 0 Å². The van der Waals surface area contributed by atoms with Crippen LogP contribution in [0.5, 0.6) is 5.75 Å². The number of aromatic hydroxyl groups is 1. The van der Waals surface area contributed by atoms with Gasteiger partial charge in [-0.3, -0.25) is 4.79 Å². The third-order valence-electron chi connectivity index (χ3n) is 2.58. The monoisotopic (exact) mass is 339 g/mol. The van der Waals surface area contributed by atoms with Gasteiger partial charge in [0.15, 0.2) is 0 Å². The number of carbonyl (C=O) groups excluding carboxylic acids is 1. The van der Waals surface area contributed by atoms with Crippen molar-refractivity contribution < 1.29 is 9.90 Å². The minimum atomic E-state index is -0.407. The number of phenolic OH excluding ortho intramolecular Hbond substituents is 1. The SMILES string of the molecule is Cc1ccc(NC(=O)c2ccc(Br)cc2O)c(Cl)c1. The molecular formula is C14H11BrClNO2. The Bertz CT molecular complexity index is 643. The van der Waals surface area contributed by atoms with Gasteiger partial charge in [0.05, 0.1) is 16.3 Å². The standard InChI is InChI=1S/C14H11BrClNO2/c1-8-2-5-12(11(16)6-8)17-14(19)10-4-3-9(15)7-13(10)18/h2-7,18H,1H3,(H,17,19). The largest absolute Gasteiger partial charge is 0.507 e. The van der Waals surface area contributed by atoms with Crippen molar-refractivity contribution in [3.8, 4) is 5.75 Å². The van der Waals surface area contributed by atoms with Crippen LogP contribution in [0.4, 0.5) is 5.69 Å². The smallest absolute Gasteiger partial charge is 0.259 e. The second-order valence-electron chi connectivity index (χ2n) is 4.10. The number of halogens is 2. The van der Waals surface area contributed by atoms with Crippen molar-refractivity contribution in [1.82, 2.24) is 0 Å². The maximum atomic E-state index is 12.0. The van der Waals surface area contributed by atoms with Crippen LogP contribution in [0.15, 0.2) is 40.9 Å². The summed E-state index contributed by atoms with van der Waals surface area (Å²) in [7, 11) is 0. The number of carbonyl (C=O) groups is 1. The first kappa shape index (κ1) is 13.9. The van der Waals surface area contributed by atoms with Crippen LogP contribution in [0.2, 0.25) is 5.02 Å². The van der Waals surface area contributed by atoms with E-state index >= 15 is 0 Å². The molecule has 0 unspecified atom stereocenters. The number of aryl methyl sites for hydroxylation is 1. The number of benzene rings is 2. The fraction of sp³-hybridized carbons (Fsp3) is 0.0714. The van der Waals surface area contributed by atoms with Crippen LogP contribution in [-0.2, 0) is 0 Å². The highest BCUT2D eigenvalue weighted by atomic mass is 79.9. The van der Waals surface area contributed by atoms with Crippen LogP contribution in [0.3, 0.4) is 0 Å². The summed E-state index contributed by atoms with van der Waals surface area (Å²) in [4.78, 5) is 12.0. The molecule has 3 nitrogen and oxygen atoms in total. The summed E-state index contributed by atoms with van der Waals surface area (Å²) in [5.74, 6) is -0.495. The first-order valence-electron chi connectivity index (χ1n) is 5.53. The lowest BCUT2D eigenvalue weighted by atomic mass is 10.1. The van der Waals surface area contributed by atoms with E-state index in [0.29, 0.717) is 15.2 Å². The van der Waals surface area contributed by atoms with Gasteiger partial charge in [0, 0.05) is 4.47 Å². The van der Waals surface area contributed by atoms with Crippen LogP contribution in [-0.4, -0.2) is 11.0 Å². The quantitative estimate of drug-likeness (QED) is 0.853. The fourth-order valence-electron chi connectivity index (χ4n) is 1.61. The number of rotatable bonds is 2. The van der Waals surface area contributed by atoms with Crippen molar-refractivity contribution in [3.05, 3.63) is 57.0 Å². The Labute approximate surface area is 124 Å². The van der Waals surface area contributed by atoms with Crippen molar-refractivity contribution in [2.75, 3.05) is 5.32 Å². The molecule has 0 aliphatic rings. The number of amides is 1. The third-order valence-corrected chi connectivity index (χ3v) is 3.38. The van der Waals surface area contributed by atoms with Crippen molar-refractivity contribution in [2.45, 2.75) is 6.92 Å². The second-order valence-corrected chi connectivity index (χ2v) is 5.42. The van der Waals surface area contributed by atoms with Crippen LogP contribution in [0, 0.1) is 6.92 Å². The maximum Gasteiger partial charge on any atom is 0.259 e. The molecular weight excluding hydrogens is 330 g/mol. The van der Waals surface area contributed by atoms with Crippen molar-refractivity contribution in [3.63, 3.8) is 0 Å². The van der Waals surface area contributed by atoms with Gasteiger partial charge in [-0.25, -0.2) is 0 Å². The van der Waals surface area contributed by atoms with Gasteiger partial charge in [-0.2, -0.15) is 0 Å². The summed E-state index contributed by atoms with van der Waals surface area (Å²) >= 11 is 9.26. The Morgan fingerprint density at radius 3 is 2.63 bits per heavy atom. The molecule has 98 valence electrons. The molecule has 19 heavy (non-hydrogen) atoms. The zero-order chi connectivity index (χ0) is 14.0. The van der Waals surface area contributed by atoms with E-state index in [4.69, 9.17) is 11.6 Å². The summed E-state index contributed by atoms with van der Waals surface area (Å²) in [6.07, 6.45) is 0. The van der Waals surface area contributed by atoms with Crippen LogP contribution in [0.25, 0.3) is 0 Å². The van der Waals surface area contributed by atoms with E-state index in [1.165, 1.54) is 12.1 Å². The number of nitrogens with one attached hydrogen (secondary N) is 1. The van der Waals surface area contributed by atoms with E-state index in [9.17, 15) is 9.90 Å². The number of anilines is 1. The van der Waals surface area contributed by atoms with Gasteiger partial charge in [0.25, 0.3) is 5.91 Å². The Hall–Kier alpha value is -1.52. The van der Waals surface area contributed by atoms with Crippen LogP contribution in [0.1, 0.15) is 15.9 Å². The van der Waals surface area contributed by atoms with E-state index in [-0.39, 0.29) is 11.3 Å². The highest BCUT2D eigenvalue weighted by molar-refractivity contribution is 9.10. The molecule has 0 saturated carbocycles. The average Bonchev–Trinajstić information content (AvgIpc) is 2.32. The molecule has 0 aliphatic heterocycles. The molecule has 0 saturated heterocycles. The molecule has 5 heteroatoms. The van der Waals surface area contributed by atoms with E-state index in [2.05, 4.69) is 21.2 Å². The average molecular weight is 341 g/mol. The molecule has 2 rings (SSSR count). The first-order valence-corrected chi connectivity index (χ1v) is 6.70. The lowest BCUT2D eigenvalue weighted by molar-refractivity contribution is 0.102. The van der Waals surface area contributed by atoms with E-state index in [1.807, 2.05) is 13.0 Å². The van der Waals surface area contributed by atoms with Crippen LogP contribution >= 0.6 is 27.5 Å². The normalized spacial score (nSPS) is 10.3. The highest BCUT2D eigenvalue weighted by Crippen LogP contribution is 2.26. The molecule has 0 radical (unpaired) electrons. The summed E-state index contributed by atoms with van der Waals surface area (Å²) in [6.45, 7) is 1.91. The minimum absolute atomic E-state index is 0.0879. The molecule has 0 aromatic heterocycles. The lowest BCUT2D eigenvalue weighted by Crippen LogP contribution is -2.12. The Morgan fingerprint density at radius 1 is 1.26 bits per heavy atom. The fourth-order valence-corrected chi connectivity index (χ4v) is 2.24. The molecule has 0 heterocycles. The summed E-state index contributed by atoms with van der Waals surface area (Å²) in [5.41, 5.74) is 1.72. The minimum Gasteiger partial charge on any atom is -0.507 e. The van der Waals surface area contributed by atoms with Gasteiger partial charge in [-0.05, 0) is 42.8 Å². The number of hydrogen-bond acceptors (Lipinski definition) is 2. The summed E-state index contributed by atoms with van der Waals surface area (Å²) < 4.78 is 0.704. The van der Waals surface area contributed by atoms with Gasteiger partial charge in [-0.15, -0.1) is 0 Å². The second kappa shape index (κ2) is 5.63. The maximum absolute atomic E-state index is 12.0. The van der Waals surface area contributed by atoms with Gasteiger partial charge >= 0.3 is 0 Å². The third kappa shape index (κ3) is 3.28. The molecule has 0 spiro atoms. The van der Waals surface area contributed by atoms with E-state index < -0.39 is 5.91 Å². The highest BCUT2D eigenvalue weighted by Gasteiger charge is 2.12. The van der Waals surface area contributed by atoms with E-state index in [1.54, 1.807) is 18.2 Å². The summed E-state index contributed by atoms with van der Waals surface area (Å²) in [5, 5.41) is 12.9. The topological polar surface area (TPSA) is 49.3 Å². The lowest BCUT2D eigenvalue weighted by Gasteiger charge is -2.09. The molecule has 0 atom stereocenters. The molecule has 1 amide bonds. The number of phenols is 1. The molecule has 2 aromatic rings. The molecule has 0 fully saturated rings. The predicted molar refractivity (Wildman–Crippen MR) is 79.9 cm³/mol. The van der Waals surface area contributed by atoms with Crippen molar-refractivity contribution >= 4 is 39.1 Å². The number of hydrogen-bond donors (Lipinski definition) is 2. The van der Waals surface area contributed by atoms with E-state index in [0.717, 1.165) is 5.56 Å². The Morgan fingerprint density at radius 2 is 2.00 bits per heavy atom. The Kier molecular flexibility index (Phi) is 4.12. The molecule has 2 aromatic carbocycles.